The summed E-state index contributed by atoms with van der Waals surface area (Å²) in [6.07, 6.45) is 0. The van der Waals surface area contributed by atoms with Gasteiger partial charge in [-0.25, -0.2) is 0 Å². The van der Waals surface area contributed by atoms with Crippen molar-refractivity contribution in [2.45, 2.75) is 0 Å². The number of halogens is 2. The van der Waals surface area contributed by atoms with E-state index >= 15 is 0 Å². The summed E-state index contributed by atoms with van der Waals surface area (Å²) < 4.78 is 0. The normalized spacial score (nSPS) is 9.41. The molecule has 0 unspecified atom stereocenters. The zero-order chi connectivity index (χ0) is 20.2. The number of hydrogen-bond donors (Lipinski definition) is 0. The third-order valence-corrected chi connectivity index (χ3v) is 5.45. The van der Waals surface area contributed by atoms with E-state index in [-0.39, 0.29) is 77.2 Å². The summed E-state index contributed by atoms with van der Waals surface area (Å²) in [5.74, 6) is 0. The van der Waals surface area contributed by atoms with Crippen molar-refractivity contribution in [3.63, 3.8) is 0 Å². The van der Waals surface area contributed by atoms with Gasteiger partial charge in [0.05, 0.1) is 0 Å². The fourth-order valence-electron chi connectivity index (χ4n) is 3.90. The Kier molecular flexibility index (Phi) is 13.2. The third kappa shape index (κ3) is 7.23. The van der Waals surface area contributed by atoms with Crippen LogP contribution in [0.4, 0.5) is 0 Å². The SMILES string of the molecule is [Cl-].[Cl-].[Zr+2].[Zr+2].c1ccc(-c2cc3ccccc3[cH-]2)cc1.c1ccc(-c2cc3ccccc3[cH-]2)cc1. The first-order valence-electron chi connectivity index (χ1n) is 10.3. The molecular weight excluding hydrogens is 614 g/mol. The number of benzene rings is 4. The van der Waals surface area contributed by atoms with Crippen LogP contribution in [0.3, 0.4) is 0 Å². The zero-order valence-corrected chi connectivity index (χ0v) is 24.9. The fraction of sp³-hybridized carbons (Fsp3) is 0. The molecule has 0 aliphatic rings. The molecule has 6 aromatic carbocycles. The van der Waals surface area contributed by atoms with E-state index < -0.39 is 0 Å². The van der Waals surface area contributed by atoms with Gasteiger partial charge in [-0.2, -0.15) is 0 Å². The van der Waals surface area contributed by atoms with Crippen molar-refractivity contribution in [1.29, 1.82) is 0 Å². The molecule has 6 rings (SSSR count). The average Bonchev–Trinajstić information content (AvgIpc) is 3.45. The predicted octanol–water partition coefficient (Wildman–Crippen LogP) is 2.45. The van der Waals surface area contributed by atoms with Gasteiger partial charge in [-0.3, -0.25) is 0 Å². The smallest absolute Gasteiger partial charge is 1.00 e. The van der Waals surface area contributed by atoms with Crippen LogP contribution in [0.25, 0.3) is 43.8 Å². The molecule has 0 aliphatic carbocycles. The first kappa shape index (κ1) is 30.5. The van der Waals surface area contributed by atoms with E-state index in [2.05, 4.69) is 121 Å². The quantitative estimate of drug-likeness (QED) is 0.257. The Morgan fingerprint density at radius 1 is 0.382 bits per heavy atom. The minimum atomic E-state index is 0. The van der Waals surface area contributed by atoms with Crippen molar-refractivity contribution in [3.05, 3.63) is 133 Å². The van der Waals surface area contributed by atoms with Crippen molar-refractivity contribution in [2.75, 3.05) is 0 Å². The van der Waals surface area contributed by atoms with Gasteiger partial charge < -0.3 is 24.8 Å². The molecule has 0 aromatic heterocycles. The molecule has 0 saturated carbocycles. The molecule has 0 bridgehead atoms. The van der Waals surface area contributed by atoms with Gasteiger partial charge in [0.2, 0.25) is 0 Å². The largest absolute Gasteiger partial charge is 2.00 e. The first-order chi connectivity index (χ1) is 14.9. The number of fused-ring (bicyclic) bond motifs is 2. The summed E-state index contributed by atoms with van der Waals surface area (Å²) in [5, 5.41) is 5.26. The monoisotopic (exact) mass is 632 g/mol. The van der Waals surface area contributed by atoms with E-state index in [1.165, 1.54) is 43.8 Å². The van der Waals surface area contributed by atoms with E-state index in [1.807, 2.05) is 12.1 Å². The molecule has 0 saturated heterocycles. The average molecular weight is 636 g/mol. The van der Waals surface area contributed by atoms with E-state index in [0.717, 1.165) is 0 Å². The molecule has 0 fully saturated rings. The Morgan fingerprint density at radius 2 is 0.706 bits per heavy atom. The van der Waals surface area contributed by atoms with Crippen LogP contribution in [-0.2, 0) is 52.4 Å². The molecule has 0 nitrogen and oxygen atoms in total. The Hall–Kier alpha value is -1.55. The first-order valence-corrected chi connectivity index (χ1v) is 10.3. The predicted molar refractivity (Wildman–Crippen MR) is 130 cm³/mol. The summed E-state index contributed by atoms with van der Waals surface area (Å²) in [7, 11) is 0. The van der Waals surface area contributed by atoms with Crippen molar-refractivity contribution in [3.8, 4) is 22.3 Å². The molecule has 0 atom stereocenters. The van der Waals surface area contributed by atoms with Crippen molar-refractivity contribution in [1.82, 2.24) is 0 Å². The molecule has 0 aliphatic heterocycles. The molecular formula is C30H22Cl2Zr2. The Labute approximate surface area is 252 Å². The zero-order valence-electron chi connectivity index (χ0n) is 18.5. The van der Waals surface area contributed by atoms with Crippen LogP contribution >= 0.6 is 0 Å². The van der Waals surface area contributed by atoms with Gasteiger partial charge >= 0.3 is 52.4 Å². The summed E-state index contributed by atoms with van der Waals surface area (Å²) >= 11 is 0. The van der Waals surface area contributed by atoms with Gasteiger partial charge in [0.25, 0.3) is 0 Å². The van der Waals surface area contributed by atoms with E-state index in [1.54, 1.807) is 0 Å². The van der Waals surface area contributed by atoms with Gasteiger partial charge in [-0.15, -0.1) is 69.1 Å². The van der Waals surface area contributed by atoms with Crippen LogP contribution in [0.5, 0.6) is 0 Å². The third-order valence-electron chi connectivity index (χ3n) is 5.45. The second kappa shape index (κ2) is 14.8. The molecule has 34 heavy (non-hydrogen) atoms. The minimum Gasteiger partial charge on any atom is -1.00 e. The Bertz CT molecular complexity index is 1210. The molecule has 0 spiro atoms. The maximum atomic E-state index is 2.24. The van der Waals surface area contributed by atoms with Crippen molar-refractivity contribution in [2.24, 2.45) is 0 Å². The molecule has 0 radical (unpaired) electrons. The maximum Gasteiger partial charge on any atom is 2.00 e. The van der Waals surface area contributed by atoms with E-state index in [9.17, 15) is 0 Å². The van der Waals surface area contributed by atoms with Crippen molar-refractivity contribution >= 4 is 21.5 Å². The van der Waals surface area contributed by atoms with Gasteiger partial charge in [0.15, 0.2) is 0 Å². The van der Waals surface area contributed by atoms with Crippen LogP contribution in [0, 0.1) is 0 Å². The van der Waals surface area contributed by atoms with Crippen LogP contribution in [0.15, 0.2) is 133 Å². The number of rotatable bonds is 2. The molecule has 0 heterocycles. The standard InChI is InChI=1S/2C15H11.2ClH.2Zr/c2*1-2-6-12(7-3-1)15-10-13-8-4-5-9-14(13)11-15;;;;/h2*1-11H;2*1H;;/q2*-1;;;2*+2/p-2. The number of hydrogen-bond acceptors (Lipinski definition) is 0. The van der Waals surface area contributed by atoms with Crippen LogP contribution in [-0.4, -0.2) is 0 Å². The molecule has 6 aromatic rings. The van der Waals surface area contributed by atoms with Crippen LogP contribution in [0.2, 0.25) is 0 Å². The van der Waals surface area contributed by atoms with E-state index in [0.29, 0.717) is 0 Å². The summed E-state index contributed by atoms with van der Waals surface area (Å²) in [6.45, 7) is 0. The van der Waals surface area contributed by atoms with Crippen molar-refractivity contribution < 1.29 is 77.2 Å². The maximum absolute atomic E-state index is 2.24. The fourth-order valence-corrected chi connectivity index (χ4v) is 3.90. The molecule has 0 amide bonds. The second-order valence-corrected chi connectivity index (χ2v) is 7.48. The summed E-state index contributed by atoms with van der Waals surface area (Å²) in [4.78, 5) is 0. The topological polar surface area (TPSA) is 0 Å². The molecule has 0 N–H and O–H groups in total. The minimum absolute atomic E-state index is 0. The summed E-state index contributed by atoms with van der Waals surface area (Å²) in [5.41, 5.74) is 5.18. The van der Waals surface area contributed by atoms with Gasteiger partial charge in [-0.1, -0.05) is 108 Å². The Balaban J connectivity index is 0.000000304. The van der Waals surface area contributed by atoms with Gasteiger partial charge in [0.1, 0.15) is 0 Å². The second-order valence-electron chi connectivity index (χ2n) is 7.48. The van der Waals surface area contributed by atoms with Crippen LogP contribution < -0.4 is 24.8 Å². The van der Waals surface area contributed by atoms with Gasteiger partial charge in [-0.05, 0) is 0 Å². The Morgan fingerprint density at radius 3 is 1.06 bits per heavy atom. The van der Waals surface area contributed by atoms with E-state index in [4.69, 9.17) is 0 Å². The summed E-state index contributed by atoms with van der Waals surface area (Å²) in [6, 6.07) is 46.9. The molecule has 164 valence electrons. The van der Waals surface area contributed by atoms with Gasteiger partial charge in [0, 0.05) is 0 Å². The molecule has 4 heteroatoms. The van der Waals surface area contributed by atoms with Crippen LogP contribution in [0.1, 0.15) is 0 Å².